The van der Waals surface area contributed by atoms with Crippen LogP contribution in [0.25, 0.3) is 10.2 Å². The molecule has 1 atom stereocenters. The van der Waals surface area contributed by atoms with E-state index in [1.807, 2.05) is 13.8 Å². The van der Waals surface area contributed by atoms with Gasteiger partial charge in [0.25, 0.3) is 0 Å². The minimum absolute atomic E-state index is 0.204. The highest BCUT2D eigenvalue weighted by molar-refractivity contribution is 7.18. The zero-order valence-corrected chi connectivity index (χ0v) is 12.3. The van der Waals surface area contributed by atoms with Crippen LogP contribution in [-0.2, 0) is 6.42 Å². The van der Waals surface area contributed by atoms with Crippen molar-refractivity contribution >= 4 is 33.3 Å². The fraction of sp³-hybridized carbons (Fsp3) is 0.538. The number of anilines is 2. The number of hydrogen-bond acceptors (Lipinski definition) is 6. The maximum Gasteiger partial charge on any atom is 0.223 e. The molecule has 0 aromatic carbocycles. The summed E-state index contributed by atoms with van der Waals surface area (Å²) in [7, 11) is 0. The van der Waals surface area contributed by atoms with Crippen LogP contribution in [0.2, 0.25) is 0 Å². The highest BCUT2D eigenvalue weighted by Crippen LogP contribution is 2.29. The molecule has 0 saturated carbocycles. The largest absolute Gasteiger partial charge is 0.391 e. The Bertz CT molecular complexity index is 567. The van der Waals surface area contributed by atoms with Crippen LogP contribution < -0.4 is 11.1 Å². The van der Waals surface area contributed by atoms with Crippen LogP contribution in [-0.4, -0.2) is 27.7 Å². The third kappa shape index (κ3) is 3.13. The van der Waals surface area contributed by atoms with Gasteiger partial charge in [0.1, 0.15) is 10.6 Å². The lowest BCUT2D eigenvalue weighted by molar-refractivity contribution is 0.138. The second kappa shape index (κ2) is 5.71. The first kappa shape index (κ1) is 14.0. The Hall–Kier alpha value is -1.40. The minimum atomic E-state index is -0.407. The number of nitrogens with one attached hydrogen (secondary N) is 1. The number of hydrogen-bond donors (Lipinski definition) is 3. The summed E-state index contributed by atoms with van der Waals surface area (Å²) in [6.07, 6.45) is 0.560. The average molecular weight is 280 g/mol. The van der Waals surface area contributed by atoms with E-state index in [0.29, 0.717) is 12.4 Å². The molecular formula is C13H20N4OS. The summed E-state index contributed by atoms with van der Waals surface area (Å²) in [5.74, 6) is 1.17. The minimum Gasteiger partial charge on any atom is -0.391 e. The molecule has 0 aliphatic rings. The van der Waals surface area contributed by atoms with Crippen molar-refractivity contribution in [3.05, 3.63) is 10.9 Å². The van der Waals surface area contributed by atoms with Gasteiger partial charge in [0.15, 0.2) is 0 Å². The van der Waals surface area contributed by atoms with Gasteiger partial charge in [-0.3, -0.25) is 0 Å². The molecule has 2 aromatic rings. The number of thiophene rings is 1. The van der Waals surface area contributed by atoms with Crippen LogP contribution in [0.1, 0.15) is 25.6 Å². The van der Waals surface area contributed by atoms with Gasteiger partial charge in [-0.25, -0.2) is 4.98 Å². The van der Waals surface area contributed by atoms with E-state index in [1.165, 1.54) is 4.88 Å². The molecule has 6 heteroatoms. The Morgan fingerprint density at radius 3 is 2.79 bits per heavy atom. The zero-order chi connectivity index (χ0) is 14.0. The number of fused-ring (bicyclic) bond motifs is 1. The molecule has 2 heterocycles. The van der Waals surface area contributed by atoms with Gasteiger partial charge in [-0.1, -0.05) is 20.8 Å². The van der Waals surface area contributed by atoms with E-state index in [1.54, 1.807) is 11.3 Å². The molecule has 1 unspecified atom stereocenters. The number of aliphatic hydroxyl groups excluding tert-OH is 1. The van der Waals surface area contributed by atoms with Crippen molar-refractivity contribution in [1.29, 1.82) is 0 Å². The van der Waals surface area contributed by atoms with E-state index in [4.69, 9.17) is 5.73 Å². The molecule has 104 valence electrons. The number of nitrogens with zero attached hydrogens (tertiary/aromatic N) is 2. The monoisotopic (exact) mass is 280 g/mol. The number of nitrogens with two attached hydrogens (primary N) is 1. The normalized spacial score (nSPS) is 13.1. The Morgan fingerprint density at radius 2 is 2.16 bits per heavy atom. The second-order valence-electron chi connectivity index (χ2n) is 4.91. The summed E-state index contributed by atoms with van der Waals surface area (Å²) < 4.78 is 0. The van der Waals surface area contributed by atoms with E-state index in [9.17, 15) is 5.11 Å². The molecule has 0 amide bonds. The van der Waals surface area contributed by atoms with E-state index in [2.05, 4.69) is 28.3 Å². The number of aliphatic hydroxyl groups is 1. The van der Waals surface area contributed by atoms with E-state index >= 15 is 0 Å². The van der Waals surface area contributed by atoms with Crippen molar-refractivity contribution in [3.63, 3.8) is 0 Å². The van der Waals surface area contributed by atoms with Gasteiger partial charge in [0.2, 0.25) is 5.95 Å². The van der Waals surface area contributed by atoms with E-state index in [-0.39, 0.29) is 11.9 Å². The predicted molar refractivity (Wildman–Crippen MR) is 80.5 cm³/mol. The highest BCUT2D eigenvalue weighted by Gasteiger charge is 2.13. The summed E-state index contributed by atoms with van der Waals surface area (Å²) in [6.45, 7) is 6.53. The van der Waals surface area contributed by atoms with E-state index in [0.717, 1.165) is 16.6 Å². The van der Waals surface area contributed by atoms with Crippen LogP contribution in [0, 0.1) is 5.92 Å². The van der Waals surface area contributed by atoms with Gasteiger partial charge in [0, 0.05) is 11.4 Å². The first-order chi connectivity index (χ1) is 9.01. The average Bonchev–Trinajstić information content (AvgIpc) is 2.78. The van der Waals surface area contributed by atoms with Gasteiger partial charge in [-0.15, -0.1) is 11.3 Å². The van der Waals surface area contributed by atoms with Crippen LogP contribution in [0.5, 0.6) is 0 Å². The van der Waals surface area contributed by atoms with E-state index < -0.39 is 6.10 Å². The van der Waals surface area contributed by atoms with Crippen molar-refractivity contribution in [2.45, 2.75) is 33.3 Å². The molecule has 0 fully saturated rings. The lowest BCUT2D eigenvalue weighted by atomic mass is 10.1. The van der Waals surface area contributed by atoms with Crippen LogP contribution in [0.4, 0.5) is 11.8 Å². The molecule has 19 heavy (non-hydrogen) atoms. The molecule has 0 spiro atoms. The van der Waals surface area contributed by atoms with Gasteiger partial charge < -0.3 is 16.2 Å². The molecule has 2 rings (SSSR count). The van der Waals surface area contributed by atoms with Crippen molar-refractivity contribution < 1.29 is 5.11 Å². The third-order valence-corrected chi connectivity index (χ3v) is 4.23. The Labute approximate surface area is 116 Å². The molecule has 0 aliphatic heterocycles. The summed E-state index contributed by atoms with van der Waals surface area (Å²) in [5, 5.41) is 14.0. The van der Waals surface area contributed by atoms with Gasteiger partial charge in [-0.2, -0.15) is 4.98 Å². The molecule has 0 bridgehead atoms. The molecule has 5 nitrogen and oxygen atoms in total. The summed E-state index contributed by atoms with van der Waals surface area (Å²) in [5.41, 5.74) is 5.72. The quantitative estimate of drug-likeness (QED) is 0.782. The van der Waals surface area contributed by atoms with Crippen molar-refractivity contribution in [2.24, 2.45) is 5.92 Å². The fourth-order valence-electron chi connectivity index (χ4n) is 1.73. The zero-order valence-electron chi connectivity index (χ0n) is 11.5. The highest BCUT2D eigenvalue weighted by atomic mass is 32.1. The molecular weight excluding hydrogens is 260 g/mol. The molecule has 0 saturated heterocycles. The number of rotatable bonds is 5. The van der Waals surface area contributed by atoms with Gasteiger partial charge in [-0.05, 0) is 18.4 Å². The van der Waals surface area contributed by atoms with Gasteiger partial charge >= 0.3 is 0 Å². The van der Waals surface area contributed by atoms with Crippen molar-refractivity contribution in [3.8, 4) is 0 Å². The summed E-state index contributed by atoms with van der Waals surface area (Å²) >= 11 is 1.63. The van der Waals surface area contributed by atoms with Crippen LogP contribution in [0.3, 0.4) is 0 Å². The third-order valence-electron chi connectivity index (χ3n) is 3.06. The number of aryl methyl sites for hydroxylation is 1. The summed E-state index contributed by atoms with van der Waals surface area (Å²) in [4.78, 5) is 10.6. The SMILES string of the molecule is CCc1cc2c(NCC(O)C(C)C)nc(N)nc2s1. The molecule has 2 aromatic heterocycles. The Kier molecular flexibility index (Phi) is 4.21. The fourth-order valence-corrected chi connectivity index (χ4v) is 2.71. The summed E-state index contributed by atoms with van der Waals surface area (Å²) in [6, 6.07) is 2.09. The van der Waals surface area contributed by atoms with Crippen LogP contribution >= 0.6 is 11.3 Å². The van der Waals surface area contributed by atoms with Crippen molar-refractivity contribution in [2.75, 3.05) is 17.6 Å². The standard InChI is InChI=1S/C13H20N4OS/c1-4-8-5-9-11(15-6-10(18)7(2)3)16-13(14)17-12(9)19-8/h5,7,10,18H,4,6H2,1-3H3,(H3,14,15,16,17). The first-order valence-corrected chi connectivity index (χ1v) is 7.30. The maximum atomic E-state index is 9.85. The molecule has 4 N–H and O–H groups in total. The van der Waals surface area contributed by atoms with Gasteiger partial charge in [0.05, 0.1) is 11.5 Å². The lowest BCUT2D eigenvalue weighted by Crippen LogP contribution is -2.25. The smallest absolute Gasteiger partial charge is 0.223 e. The lowest BCUT2D eigenvalue weighted by Gasteiger charge is -2.15. The molecule has 0 radical (unpaired) electrons. The topological polar surface area (TPSA) is 84.1 Å². The second-order valence-corrected chi connectivity index (χ2v) is 6.02. The van der Waals surface area contributed by atoms with Crippen molar-refractivity contribution in [1.82, 2.24) is 9.97 Å². The first-order valence-electron chi connectivity index (χ1n) is 6.49. The molecule has 0 aliphatic carbocycles. The predicted octanol–water partition coefficient (Wildman–Crippen LogP) is 2.26. The Morgan fingerprint density at radius 1 is 1.42 bits per heavy atom. The number of aromatic nitrogens is 2. The van der Waals surface area contributed by atoms with Crippen LogP contribution in [0.15, 0.2) is 6.07 Å². The Balaban J connectivity index is 2.28. The number of nitrogen functional groups attached to an aromatic ring is 1. The maximum absolute atomic E-state index is 9.85.